The third kappa shape index (κ3) is 3.36. The molecule has 4 radical (unpaired) electrons. The minimum atomic E-state index is 0.812. The molecule has 0 spiro atoms. The highest BCUT2D eigenvalue weighted by atomic mass is 15.4. The van der Waals surface area contributed by atoms with Crippen LogP contribution in [0, 0.1) is 13.3 Å². The van der Waals surface area contributed by atoms with E-state index in [1.54, 1.807) is 0 Å². The molecule has 4 heteroatoms. The first-order valence-electron chi connectivity index (χ1n) is 10.7. The average Bonchev–Trinajstić information content (AvgIpc) is 3.32. The lowest BCUT2D eigenvalue weighted by atomic mass is 10.1. The Kier molecular flexibility index (Phi) is 4.99. The molecule has 0 bridgehead atoms. The van der Waals surface area contributed by atoms with E-state index in [4.69, 9.17) is 0 Å². The van der Waals surface area contributed by atoms with Gasteiger partial charge in [-0.15, -0.1) is 0 Å². The maximum absolute atomic E-state index is 3.51. The lowest BCUT2D eigenvalue weighted by Gasteiger charge is -2.21. The van der Waals surface area contributed by atoms with E-state index < -0.39 is 0 Å². The fraction of sp³-hybridized carbons (Fsp3) is 0.231. The Morgan fingerprint density at radius 3 is 1.33 bits per heavy atom. The Labute approximate surface area is 179 Å². The minimum Gasteiger partial charge on any atom is -0.340 e. The van der Waals surface area contributed by atoms with Gasteiger partial charge in [-0.05, 0) is 49.2 Å². The highest BCUT2D eigenvalue weighted by Crippen LogP contribution is 2.39. The fourth-order valence-corrected chi connectivity index (χ4v) is 4.26. The molecular weight excluding hydrogens is 368 g/mol. The summed E-state index contributed by atoms with van der Waals surface area (Å²) >= 11 is 0. The van der Waals surface area contributed by atoms with Crippen molar-refractivity contribution in [3.8, 4) is 0 Å². The molecule has 0 amide bonds. The van der Waals surface area contributed by atoms with Gasteiger partial charge in [-0.1, -0.05) is 48.5 Å². The Bertz CT molecular complexity index is 952. The smallest absolute Gasteiger partial charge is 0.209 e. The lowest BCUT2D eigenvalue weighted by molar-refractivity contribution is 0.854. The van der Waals surface area contributed by atoms with Crippen molar-refractivity contribution in [1.82, 2.24) is 0 Å². The zero-order chi connectivity index (χ0) is 20.5. The van der Waals surface area contributed by atoms with Crippen molar-refractivity contribution >= 4 is 22.7 Å². The molecule has 3 aromatic carbocycles. The van der Waals surface area contributed by atoms with Gasteiger partial charge >= 0.3 is 0 Å². The van der Waals surface area contributed by atoms with E-state index in [9.17, 15) is 0 Å². The van der Waals surface area contributed by atoms with Crippen LogP contribution in [0.1, 0.15) is 25.0 Å². The number of para-hydroxylation sites is 4. The van der Waals surface area contributed by atoms with Crippen molar-refractivity contribution < 1.29 is 0 Å². The van der Waals surface area contributed by atoms with Crippen LogP contribution in [0.4, 0.5) is 22.7 Å². The van der Waals surface area contributed by atoms with Gasteiger partial charge in [0.25, 0.3) is 0 Å². The third-order valence-electron chi connectivity index (χ3n) is 5.71. The average molecular weight is 395 g/mol. The van der Waals surface area contributed by atoms with Crippen molar-refractivity contribution in [2.24, 2.45) is 0 Å². The molecule has 150 valence electrons. The van der Waals surface area contributed by atoms with E-state index in [0.29, 0.717) is 0 Å². The number of benzene rings is 3. The molecular formula is C26H26N4. The summed E-state index contributed by atoms with van der Waals surface area (Å²) in [5.41, 5.74) is 7.47. The van der Waals surface area contributed by atoms with Gasteiger partial charge < -0.3 is 19.6 Å². The monoisotopic (exact) mass is 394 g/mol. The molecule has 2 heterocycles. The maximum Gasteiger partial charge on any atom is 0.209 e. The summed E-state index contributed by atoms with van der Waals surface area (Å²) in [5, 5.41) is 0. The Morgan fingerprint density at radius 2 is 0.933 bits per heavy atom. The zero-order valence-electron chi connectivity index (χ0n) is 17.5. The van der Waals surface area contributed by atoms with E-state index in [1.807, 2.05) is 0 Å². The highest BCUT2D eigenvalue weighted by Gasteiger charge is 2.27. The zero-order valence-corrected chi connectivity index (χ0v) is 17.5. The third-order valence-corrected chi connectivity index (χ3v) is 5.71. The molecule has 0 saturated heterocycles. The quantitative estimate of drug-likeness (QED) is 0.557. The summed E-state index contributed by atoms with van der Waals surface area (Å²) in [7, 11) is 0. The van der Waals surface area contributed by atoms with Crippen molar-refractivity contribution in [3.05, 3.63) is 97.3 Å². The topological polar surface area (TPSA) is 13.0 Å². The number of hydrogen-bond acceptors (Lipinski definition) is 4. The van der Waals surface area contributed by atoms with Crippen LogP contribution < -0.4 is 19.6 Å². The molecule has 5 rings (SSSR count). The molecule has 0 atom stereocenters. The van der Waals surface area contributed by atoms with Gasteiger partial charge in [-0.3, -0.25) is 0 Å². The van der Waals surface area contributed by atoms with Crippen LogP contribution in [-0.4, -0.2) is 13.1 Å². The van der Waals surface area contributed by atoms with Gasteiger partial charge in [0, 0.05) is 26.2 Å². The van der Waals surface area contributed by atoms with Gasteiger partial charge in [-0.2, -0.15) is 0 Å². The van der Waals surface area contributed by atoms with Crippen LogP contribution in [0.25, 0.3) is 0 Å². The first-order valence-corrected chi connectivity index (χ1v) is 10.7. The summed E-state index contributed by atoms with van der Waals surface area (Å²) in [6.07, 6.45) is 0. The normalized spacial score (nSPS) is 15.0. The molecule has 4 nitrogen and oxygen atoms in total. The molecule has 0 aliphatic carbocycles. The van der Waals surface area contributed by atoms with Gasteiger partial charge in [0.05, 0.1) is 22.7 Å². The number of hydrogen-bond donors (Lipinski definition) is 0. The second-order valence-electron chi connectivity index (χ2n) is 7.66. The van der Waals surface area contributed by atoms with Crippen LogP contribution in [0.2, 0.25) is 0 Å². The number of anilines is 4. The maximum atomic E-state index is 3.51. The van der Waals surface area contributed by atoms with Crippen LogP contribution in [0.15, 0.2) is 72.8 Å². The molecule has 30 heavy (non-hydrogen) atoms. The van der Waals surface area contributed by atoms with Crippen molar-refractivity contribution in [2.45, 2.75) is 26.9 Å². The predicted molar refractivity (Wildman–Crippen MR) is 124 cm³/mol. The van der Waals surface area contributed by atoms with Crippen LogP contribution in [0.3, 0.4) is 0 Å². The molecule has 0 unspecified atom stereocenters. The van der Waals surface area contributed by atoms with Crippen molar-refractivity contribution in [2.75, 3.05) is 32.7 Å². The SMILES string of the molecule is CCN1[C]N(Cc2cccc(CN3[C]N(CC)c4ccccc43)c2)c2ccccc21. The van der Waals surface area contributed by atoms with Gasteiger partial charge in [0.1, 0.15) is 0 Å². The fourth-order valence-electron chi connectivity index (χ4n) is 4.26. The Morgan fingerprint density at radius 1 is 0.533 bits per heavy atom. The van der Waals surface area contributed by atoms with E-state index in [1.165, 1.54) is 33.9 Å². The highest BCUT2D eigenvalue weighted by molar-refractivity contribution is 5.79. The van der Waals surface area contributed by atoms with Crippen molar-refractivity contribution in [3.63, 3.8) is 0 Å². The van der Waals surface area contributed by atoms with E-state index in [-0.39, 0.29) is 0 Å². The molecule has 0 aromatic heterocycles. The van der Waals surface area contributed by atoms with Crippen molar-refractivity contribution in [1.29, 1.82) is 0 Å². The van der Waals surface area contributed by atoms with Gasteiger partial charge in [-0.25, -0.2) is 0 Å². The van der Waals surface area contributed by atoms with Crippen LogP contribution >= 0.6 is 0 Å². The van der Waals surface area contributed by atoms with Gasteiger partial charge in [0.2, 0.25) is 13.3 Å². The summed E-state index contributed by atoms with van der Waals surface area (Å²) in [5.74, 6) is 0. The Hall–Kier alpha value is -3.14. The summed E-state index contributed by atoms with van der Waals surface area (Å²) in [4.78, 5) is 8.81. The van der Waals surface area contributed by atoms with E-state index in [0.717, 1.165) is 26.2 Å². The lowest BCUT2D eigenvalue weighted by Crippen LogP contribution is -2.25. The first kappa shape index (κ1) is 18.9. The molecule has 2 aliphatic rings. The van der Waals surface area contributed by atoms with Gasteiger partial charge in [0.15, 0.2) is 0 Å². The predicted octanol–water partition coefficient (Wildman–Crippen LogP) is 5.37. The largest absolute Gasteiger partial charge is 0.340 e. The molecule has 0 fully saturated rings. The van der Waals surface area contributed by atoms with Crippen LogP contribution in [0.5, 0.6) is 0 Å². The molecule has 2 aliphatic heterocycles. The number of rotatable bonds is 6. The molecule has 0 N–H and O–H groups in total. The minimum absolute atomic E-state index is 0.812. The first-order chi connectivity index (χ1) is 14.8. The molecule has 3 aromatic rings. The summed E-state index contributed by atoms with van der Waals surface area (Å²) in [6.45, 7) is 14.8. The van der Waals surface area contributed by atoms with E-state index >= 15 is 0 Å². The van der Waals surface area contributed by atoms with Crippen LogP contribution in [-0.2, 0) is 13.1 Å². The standard InChI is InChI=1S/C26H26N4/c1-3-27-19-29(25-14-7-5-12-23(25)27)17-21-10-9-11-22(16-21)18-30-20-28(4-2)24-13-6-8-15-26(24)30/h5-16H,3-4,17-18H2,1-2H3. The number of nitrogens with zero attached hydrogens (tertiary/aromatic N) is 4. The Balaban J connectivity index is 1.34. The number of fused-ring (bicyclic) bond motifs is 2. The molecule has 0 saturated carbocycles. The van der Waals surface area contributed by atoms with E-state index in [2.05, 4.69) is 120 Å². The summed E-state index contributed by atoms with van der Waals surface area (Å²) in [6, 6.07) is 25.9. The summed E-state index contributed by atoms with van der Waals surface area (Å²) < 4.78 is 0. The second-order valence-corrected chi connectivity index (χ2v) is 7.66. The second kappa shape index (κ2) is 7.94.